The minimum absolute atomic E-state index is 0.198. The number of nitrogens with zero attached hydrogens (tertiary/aromatic N) is 1. The fourth-order valence-electron chi connectivity index (χ4n) is 1.83. The van der Waals surface area contributed by atoms with Crippen LogP contribution >= 0.6 is 15.9 Å². The van der Waals surface area contributed by atoms with Gasteiger partial charge in [0, 0.05) is 28.9 Å². The van der Waals surface area contributed by atoms with Gasteiger partial charge in [-0.1, -0.05) is 12.1 Å². The minimum Gasteiger partial charge on any atom is -0.383 e. The highest BCUT2D eigenvalue weighted by Gasteiger charge is 2.04. The van der Waals surface area contributed by atoms with Crippen molar-refractivity contribution in [2.75, 3.05) is 23.9 Å². The van der Waals surface area contributed by atoms with Gasteiger partial charge in [0.05, 0.1) is 17.0 Å². The van der Waals surface area contributed by atoms with Crippen molar-refractivity contribution in [1.29, 1.82) is 0 Å². The van der Waals surface area contributed by atoms with Gasteiger partial charge < -0.3 is 5.32 Å². The van der Waals surface area contributed by atoms with E-state index in [4.69, 9.17) is 0 Å². The van der Waals surface area contributed by atoms with Gasteiger partial charge in [-0.15, -0.1) is 0 Å². The molecule has 0 fully saturated rings. The molecule has 0 atom stereocenters. The number of halogens is 1. The van der Waals surface area contributed by atoms with Crippen LogP contribution in [-0.4, -0.2) is 32.0 Å². The number of sulfone groups is 1. The first kappa shape index (κ1) is 14.3. The lowest BCUT2D eigenvalue weighted by molar-refractivity contribution is 0.600. The van der Waals surface area contributed by atoms with Crippen LogP contribution in [0.5, 0.6) is 0 Å². The van der Waals surface area contributed by atoms with Crippen LogP contribution in [0.2, 0.25) is 0 Å². The molecule has 1 aromatic carbocycles. The molecule has 0 aliphatic rings. The first-order valence-electron chi connectivity index (χ1n) is 5.91. The summed E-state index contributed by atoms with van der Waals surface area (Å²) in [5, 5.41) is 4.28. The molecule has 0 amide bonds. The van der Waals surface area contributed by atoms with Gasteiger partial charge >= 0.3 is 0 Å². The second-order valence-electron chi connectivity index (χ2n) is 4.44. The Morgan fingerprint density at radius 1 is 1.37 bits per heavy atom. The number of para-hydroxylation sites is 1. The molecular formula is C13H15BrN2O2S. The second kappa shape index (κ2) is 5.88. The van der Waals surface area contributed by atoms with Crippen LogP contribution in [0.3, 0.4) is 0 Å². The van der Waals surface area contributed by atoms with Crippen molar-refractivity contribution in [3.05, 3.63) is 34.9 Å². The molecule has 4 nitrogen and oxygen atoms in total. The van der Waals surface area contributed by atoms with Crippen LogP contribution in [-0.2, 0) is 9.84 Å². The van der Waals surface area contributed by atoms with Gasteiger partial charge in [-0.3, -0.25) is 4.98 Å². The van der Waals surface area contributed by atoms with E-state index in [0.29, 0.717) is 13.0 Å². The molecule has 0 aliphatic carbocycles. The molecule has 1 heterocycles. The summed E-state index contributed by atoms with van der Waals surface area (Å²) in [6.07, 6.45) is 3.60. The van der Waals surface area contributed by atoms with Crippen molar-refractivity contribution in [2.24, 2.45) is 0 Å². The molecule has 0 spiro atoms. The molecule has 6 heteroatoms. The number of aromatic nitrogens is 1. The Kier molecular flexibility index (Phi) is 4.42. The predicted octanol–water partition coefficient (Wildman–Crippen LogP) is 2.84. The molecule has 102 valence electrons. The zero-order valence-corrected chi connectivity index (χ0v) is 13.0. The highest BCUT2D eigenvalue weighted by Crippen LogP contribution is 2.23. The second-order valence-corrected chi connectivity index (χ2v) is 7.62. The highest BCUT2D eigenvalue weighted by atomic mass is 79.9. The predicted molar refractivity (Wildman–Crippen MR) is 82.3 cm³/mol. The van der Waals surface area contributed by atoms with Gasteiger partial charge in [0.2, 0.25) is 0 Å². The van der Waals surface area contributed by atoms with Crippen LogP contribution in [0.4, 0.5) is 5.69 Å². The highest BCUT2D eigenvalue weighted by molar-refractivity contribution is 9.10. The van der Waals surface area contributed by atoms with E-state index >= 15 is 0 Å². The Morgan fingerprint density at radius 2 is 2.16 bits per heavy atom. The topological polar surface area (TPSA) is 59.1 Å². The first-order valence-corrected chi connectivity index (χ1v) is 8.77. The SMILES string of the molecule is CS(=O)(=O)CCCNc1cccc2cc(Br)cnc12. The Bertz CT molecular complexity index is 686. The third kappa shape index (κ3) is 4.18. The van der Waals surface area contributed by atoms with Crippen LogP contribution in [0.15, 0.2) is 34.9 Å². The van der Waals surface area contributed by atoms with E-state index in [1.807, 2.05) is 24.3 Å². The fraction of sp³-hybridized carbons (Fsp3) is 0.308. The third-order valence-electron chi connectivity index (χ3n) is 2.68. The fourth-order valence-corrected chi connectivity index (χ4v) is 2.85. The third-order valence-corrected chi connectivity index (χ3v) is 4.15. The molecule has 0 unspecified atom stereocenters. The van der Waals surface area contributed by atoms with E-state index in [9.17, 15) is 8.42 Å². The van der Waals surface area contributed by atoms with Gasteiger partial charge in [-0.2, -0.15) is 0 Å². The number of nitrogens with one attached hydrogen (secondary N) is 1. The molecular weight excluding hydrogens is 328 g/mol. The average Bonchev–Trinajstić information content (AvgIpc) is 2.33. The number of pyridine rings is 1. The molecule has 0 radical (unpaired) electrons. The van der Waals surface area contributed by atoms with Gasteiger partial charge in [-0.25, -0.2) is 8.42 Å². The van der Waals surface area contributed by atoms with Crippen molar-refractivity contribution in [3.63, 3.8) is 0 Å². The van der Waals surface area contributed by atoms with Gasteiger partial charge in [0.25, 0.3) is 0 Å². The number of anilines is 1. The molecule has 1 N–H and O–H groups in total. The van der Waals surface area contributed by atoms with Crippen molar-refractivity contribution in [2.45, 2.75) is 6.42 Å². The minimum atomic E-state index is -2.89. The van der Waals surface area contributed by atoms with E-state index in [1.54, 1.807) is 6.20 Å². The lowest BCUT2D eigenvalue weighted by atomic mass is 10.2. The molecule has 0 bridgehead atoms. The Hall–Kier alpha value is -1.14. The molecule has 0 saturated heterocycles. The van der Waals surface area contributed by atoms with Crippen LogP contribution in [0.1, 0.15) is 6.42 Å². The largest absolute Gasteiger partial charge is 0.383 e. The zero-order chi connectivity index (χ0) is 13.9. The number of hydrogen-bond donors (Lipinski definition) is 1. The maximum absolute atomic E-state index is 11.0. The molecule has 1 aromatic heterocycles. The normalized spacial score (nSPS) is 11.7. The van der Waals surface area contributed by atoms with E-state index < -0.39 is 9.84 Å². The summed E-state index contributed by atoms with van der Waals surface area (Å²) in [5.74, 6) is 0.198. The van der Waals surface area contributed by atoms with Crippen molar-refractivity contribution < 1.29 is 8.42 Å². The number of benzene rings is 1. The summed E-state index contributed by atoms with van der Waals surface area (Å²) in [6.45, 7) is 0.615. The summed E-state index contributed by atoms with van der Waals surface area (Å²) >= 11 is 3.39. The quantitative estimate of drug-likeness (QED) is 0.848. The van der Waals surface area contributed by atoms with Crippen molar-refractivity contribution >= 4 is 42.4 Å². The van der Waals surface area contributed by atoms with Crippen LogP contribution < -0.4 is 5.32 Å². The average molecular weight is 343 g/mol. The molecule has 19 heavy (non-hydrogen) atoms. The van der Waals surface area contributed by atoms with Gasteiger partial charge in [-0.05, 0) is 34.5 Å². The van der Waals surface area contributed by atoms with Crippen molar-refractivity contribution in [1.82, 2.24) is 4.98 Å². The molecule has 2 aromatic rings. The molecule has 0 aliphatic heterocycles. The van der Waals surface area contributed by atoms with Gasteiger partial charge in [0.1, 0.15) is 9.84 Å². The summed E-state index contributed by atoms with van der Waals surface area (Å²) in [6, 6.07) is 7.90. The van der Waals surface area contributed by atoms with E-state index in [2.05, 4.69) is 26.2 Å². The first-order chi connectivity index (χ1) is 8.96. The Labute approximate surface area is 121 Å². The van der Waals surface area contributed by atoms with Crippen LogP contribution in [0, 0.1) is 0 Å². The van der Waals surface area contributed by atoms with E-state index in [0.717, 1.165) is 21.1 Å². The summed E-state index contributed by atoms with van der Waals surface area (Å²) < 4.78 is 23.0. The van der Waals surface area contributed by atoms with Crippen molar-refractivity contribution in [3.8, 4) is 0 Å². The lowest BCUT2D eigenvalue weighted by Crippen LogP contribution is -2.10. The molecule has 2 rings (SSSR count). The van der Waals surface area contributed by atoms with E-state index in [1.165, 1.54) is 6.26 Å². The standard InChI is InChI=1S/C13H15BrN2O2S/c1-19(17,18)7-3-6-15-12-5-2-4-10-8-11(14)9-16-13(10)12/h2,4-5,8-9,15H,3,6-7H2,1H3. The van der Waals surface area contributed by atoms with Gasteiger partial charge in [0.15, 0.2) is 0 Å². The smallest absolute Gasteiger partial charge is 0.147 e. The Balaban J connectivity index is 2.09. The molecule has 0 saturated carbocycles. The maximum Gasteiger partial charge on any atom is 0.147 e. The zero-order valence-electron chi connectivity index (χ0n) is 10.6. The maximum atomic E-state index is 11.0. The summed E-state index contributed by atoms with van der Waals surface area (Å²) in [5.41, 5.74) is 1.82. The van der Waals surface area contributed by atoms with E-state index in [-0.39, 0.29) is 5.75 Å². The Morgan fingerprint density at radius 3 is 2.89 bits per heavy atom. The number of fused-ring (bicyclic) bond motifs is 1. The summed E-state index contributed by atoms with van der Waals surface area (Å²) in [7, 11) is -2.89. The number of rotatable bonds is 5. The monoisotopic (exact) mass is 342 g/mol. The van der Waals surface area contributed by atoms with Crippen LogP contribution in [0.25, 0.3) is 10.9 Å². The lowest BCUT2D eigenvalue weighted by Gasteiger charge is -2.09. The number of hydrogen-bond acceptors (Lipinski definition) is 4. The summed E-state index contributed by atoms with van der Waals surface area (Å²) in [4.78, 5) is 4.38.